The fourth-order valence-electron chi connectivity index (χ4n) is 4.67. The van der Waals surface area contributed by atoms with E-state index >= 15 is 0 Å². The smallest absolute Gasteiger partial charge is 0.254 e. The minimum atomic E-state index is -0.490. The van der Waals surface area contributed by atoms with Crippen molar-refractivity contribution in [3.05, 3.63) is 95.1 Å². The van der Waals surface area contributed by atoms with Gasteiger partial charge in [-0.15, -0.1) is 0 Å². The lowest BCUT2D eigenvalue weighted by atomic mass is 10.1. The number of carbonyl (C=O) groups excluding carboxylic acids is 1. The van der Waals surface area contributed by atoms with Gasteiger partial charge in [0.05, 0.1) is 23.2 Å². The molecule has 1 amide bonds. The molecule has 0 aliphatic heterocycles. The van der Waals surface area contributed by atoms with Crippen LogP contribution in [0.15, 0.2) is 66.7 Å². The lowest BCUT2D eigenvalue weighted by Gasteiger charge is -2.11. The van der Waals surface area contributed by atoms with E-state index in [1.807, 2.05) is 6.07 Å². The van der Waals surface area contributed by atoms with Gasteiger partial charge in [-0.3, -0.25) is 4.79 Å². The third-order valence-electron chi connectivity index (χ3n) is 6.45. The summed E-state index contributed by atoms with van der Waals surface area (Å²) in [6, 6.07) is 20.7. The number of carbonyl (C=O) groups is 1. The molecule has 194 valence electrons. The van der Waals surface area contributed by atoms with E-state index in [0.29, 0.717) is 13.2 Å². The first-order valence-electron chi connectivity index (χ1n) is 13.2. The predicted molar refractivity (Wildman–Crippen MR) is 147 cm³/mol. The highest BCUT2D eigenvalue weighted by molar-refractivity contribution is 5.94. The summed E-state index contributed by atoms with van der Waals surface area (Å²) in [5.41, 5.74) is 4.73. The van der Waals surface area contributed by atoms with Gasteiger partial charge in [0.2, 0.25) is 0 Å². The number of fused-ring (bicyclic) bond motifs is 1. The zero-order valence-electron chi connectivity index (χ0n) is 21.8. The average molecular weight is 502 g/mol. The van der Waals surface area contributed by atoms with Crippen LogP contribution in [0.2, 0.25) is 0 Å². The minimum absolute atomic E-state index is 0.0932. The van der Waals surface area contributed by atoms with Gasteiger partial charge in [-0.25, -0.2) is 9.37 Å². The molecule has 0 aliphatic rings. The maximum atomic E-state index is 13.7. The Morgan fingerprint density at radius 2 is 1.68 bits per heavy atom. The maximum Gasteiger partial charge on any atom is 0.254 e. The Morgan fingerprint density at radius 1 is 0.919 bits per heavy atom. The molecule has 6 heteroatoms. The van der Waals surface area contributed by atoms with Crippen LogP contribution >= 0.6 is 0 Å². The Morgan fingerprint density at radius 3 is 2.49 bits per heavy atom. The average Bonchev–Trinajstić information content (AvgIpc) is 3.22. The first-order chi connectivity index (χ1) is 18.0. The number of halogens is 1. The molecular formula is C31H36FN3O2. The monoisotopic (exact) mass is 501 g/mol. The van der Waals surface area contributed by atoms with E-state index in [1.165, 1.54) is 28.8 Å². The molecule has 0 unspecified atom stereocenters. The Bertz CT molecular complexity index is 1310. The van der Waals surface area contributed by atoms with Gasteiger partial charge in [0, 0.05) is 19.5 Å². The molecule has 4 rings (SSSR count). The summed E-state index contributed by atoms with van der Waals surface area (Å²) in [4.78, 5) is 17.0. The first-order valence-corrected chi connectivity index (χ1v) is 13.2. The van der Waals surface area contributed by atoms with E-state index in [2.05, 4.69) is 60.1 Å². The number of amides is 1. The zero-order chi connectivity index (χ0) is 26.0. The molecule has 4 aromatic rings. The van der Waals surface area contributed by atoms with Crippen LogP contribution in [0.3, 0.4) is 0 Å². The van der Waals surface area contributed by atoms with Crippen LogP contribution in [0, 0.1) is 19.7 Å². The fourth-order valence-corrected chi connectivity index (χ4v) is 4.67. The summed E-state index contributed by atoms with van der Waals surface area (Å²) >= 11 is 0. The van der Waals surface area contributed by atoms with Crippen molar-refractivity contribution in [3.63, 3.8) is 0 Å². The van der Waals surface area contributed by atoms with Crippen molar-refractivity contribution in [2.24, 2.45) is 0 Å². The molecule has 0 atom stereocenters. The number of nitrogens with one attached hydrogen (secondary N) is 1. The van der Waals surface area contributed by atoms with Crippen molar-refractivity contribution in [1.29, 1.82) is 0 Å². The van der Waals surface area contributed by atoms with Gasteiger partial charge in [-0.05, 0) is 87.1 Å². The summed E-state index contributed by atoms with van der Waals surface area (Å²) in [5, 5.41) is 2.82. The number of rotatable bonds is 13. The van der Waals surface area contributed by atoms with E-state index in [9.17, 15) is 9.18 Å². The molecule has 0 fully saturated rings. The lowest BCUT2D eigenvalue weighted by Crippen LogP contribution is -2.25. The molecule has 0 saturated heterocycles. The number of benzene rings is 3. The molecule has 0 aliphatic carbocycles. The molecule has 0 spiro atoms. The van der Waals surface area contributed by atoms with Gasteiger partial charge in [0.25, 0.3) is 5.91 Å². The molecule has 0 radical (unpaired) electrons. The van der Waals surface area contributed by atoms with E-state index in [0.717, 1.165) is 62.2 Å². The molecular weight excluding hydrogens is 465 g/mol. The highest BCUT2D eigenvalue weighted by Gasteiger charge is 2.11. The van der Waals surface area contributed by atoms with Crippen molar-refractivity contribution in [1.82, 2.24) is 14.9 Å². The standard InChI is InChI=1S/C31H36FN3O2/c1-23-20-24(2)22-25(21-23)37-19-11-10-18-35-29-15-8-7-14-28(29)34-30(35)16-4-3-9-17-33-31(36)26-12-5-6-13-27(26)32/h5-8,12-15,20-22H,3-4,9-11,16-19H2,1-2H3,(H,33,36). The predicted octanol–water partition coefficient (Wildman–Crippen LogP) is 6.79. The quantitative estimate of drug-likeness (QED) is 0.205. The summed E-state index contributed by atoms with van der Waals surface area (Å²) in [5.74, 6) is 1.19. The van der Waals surface area contributed by atoms with Gasteiger partial charge in [-0.1, -0.05) is 36.8 Å². The summed E-state index contributed by atoms with van der Waals surface area (Å²) in [7, 11) is 0. The Hall–Kier alpha value is -3.67. The van der Waals surface area contributed by atoms with E-state index in [4.69, 9.17) is 9.72 Å². The van der Waals surface area contributed by atoms with Crippen LogP contribution in [0.25, 0.3) is 11.0 Å². The van der Waals surface area contributed by atoms with Crippen LogP contribution in [-0.4, -0.2) is 28.6 Å². The maximum absolute atomic E-state index is 13.7. The van der Waals surface area contributed by atoms with Crippen molar-refractivity contribution >= 4 is 16.9 Å². The zero-order valence-corrected chi connectivity index (χ0v) is 21.8. The van der Waals surface area contributed by atoms with E-state index in [-0.39, 0.29) is 11.5 Å². The number of ether oxygens (including phenoxy) is 1. The number of unbranched alkanes of at least 4 members (excludes halogenated alkanes) is 3. The van der Waals surface area contributed by atoms with Gasteiger partial charge in [0.1, 0.15) is 17.4 Å². The molecule has 37 heavy (non-hydrogen) atoms. The molecule has 1 N–H and O–H groups in total. The van der Waals surface area contributed by atoms with Gasteiger partial charge in [0.15, 0.2) is 0 Å². The fraction of sp³-hybridized carbons (Fsp3) is 0.355. The summed E-state index contributed by atoms with van der Waals surface area (Å²) < 4.78 is 22.1. The Balaban J connectivity index is 1.23. The Labute approximate surface area is 218 Å². The minimum Gasteiger partial charge on any atom is -0.494 e. The highest BCUT2D eigenvalue weighted by atomic mass is 19.1. The van der Waals surface area contributed by atoms with Gasteiger partial charge >= 0.3 is 0 Å². The number of para-hydroxylation sites is 2. The SMILES string of the molecule is Cc1cc(C)cc(OCCCCn2c(CCCCCNC(=O)c3ccccc3F)nc3ccccc32)c1. The highest BCUT2D eigenvalue weighted by Crippen LogP contribution is 2.20. The van der Waals surface area contributed by atoms with Crippen LogP contribution in [0.1, 0.15) is 59.4 Å². The molecule has 0 bridgehead atoms. The molecule has 5 nitrogen and oxygen atoms in total. The molecule has 1 aromatic heterocycles. The van der Waals surface area contributed by atoms with E-state index in [1.54, 1.807) is 12.1 Å². The van der Waals surface area contributed by atoms with Crippen LogP contribution in [-0.2, 0) is 13.0 Å². The topological polar surface area (TPSA) is 56.1 Å². The van der Waals surface area contributed by atoms with Crippen molar-refractivity contribution in [2.45, 2.75) is 58.9 Å². The second-order valence-electron chi connectivity index (χ2n) is 9.59. The van der Waals surface area contributed by atoms with Gasteiger partial charge in [-0.2, -0.15) is 0 Å². The Kier molecular flexibility index (Phi) is 9.30. The second-order valence-corrected chi connectivity index (χ2v) is 9.59. The third-order valence-corrected chi connectivity index (χ3v) is 6.45. The molecule has 3 aromatic carbocycles. The molecule has 1 heterocycles. The molecule has 0 saturated carbocycles. The van der Waals surface area contributed by atoms with Crippen LogP contribution < -0.4 is 10.1 Å². The van der Waals surface area contributed by atoms with E-state index < -0.39 is 5.82 Å². The number of hydrogen-bond acceptors (Lipinski definition) is 3. The number of hydrogen-bond donors (Lipinski definition) is 1. The number of imidazole rings is 1. The number of aryl methyl sites for hydroxylation is 4. The number of nitrogens with zero attached hydrogens (tertiary/aromatic N) is 2. The van der Waals surface area contributed by atoms with Crippen LogP contribution in [0.4, 0.5) is 4.39 Å². The first kappa shape index (κ1) is 26.4. The van der Waals surface area contributed by atoms with Crippen molar-refractivity contribution in [2.75, 3.05) is 13.2 Å². The largest absolute Gasteiger partial charge is 0.494 e. The number of aromatic nitrogens is 2. The second kappa shape index (κ2) is 13.0. The summed E-state index contributed by atoms with van der Waals surface area (Å²) in [6.07, 6.45) is 5.66. The van der Waals surface area contributed by atoms with Crippen molar-refractivity contribution < 1.29 is 13.9 Å². The normalized spacial score (nSPS) is 11.1. The summed E-state index contributed by atoms with van der Waals surface area (Å²) in [6.45, 7) is 6.32. The van der Waals surface area contributed by atoms with Crippen molar-refractivity contribution in [3.8, 4) is 5.75 Å². The van der Waals surface area contributed by atoms with Gasteiger partial charge < -0.3 is 14.6 Å². The lowest BCUT2D eigenvalue weighted by molar-refractivity contribution is 0.0949. The van der Waals surface area contributed by atoms with Crippen LogP contribution in [0.5, 0.6) is 5.75 Å². The third kappa shape index (κ3) is 7.42.